The molecule has 98 valence electrons. The third-order valence-electron chi connectivity index (χ3n) is 3.18. The zero-order chi connectivity index (χ0) is 13.4. The zero-order valence-corrected chi connectivity index (χ0v) is 14.8. The van der Waals surface area contributed by atoms with Crippen LogP contribution in [0.1, 0.15) is 21.5 Å². The second-order valence-electron chi connectivity index (χ2n) is 4.53. The Labute approximate surface area is 137 Å². The van der Waals surface area contributed by atoms with Crippen molar-refractivity contribution < 1.29 is 4.74 Å². The van der Waals surface area contributed by atoms with E-state index in [1.807, 2.05) is 6.07 Å². The van der Waals surface area contributed by atoms with Gasteiger partial charge < -0.3 is 4.74 Å². The van der Waals surface area contributed by atoms with E-state index in [0.29, 0.717) is 0 Å². The molecule has 3 rings (SSSR count). The number of rotatable bonds is 2. The van der Waals surface area contributed by atoms with Gasteiger partial charge in [-0.2, -0.15) is 0 Å². The van der Waals surface area contributed by atoms with Crippen molar-refractivity contribution in [3.05, 3.63) is 62.0 Å². The van der Waals surface area contributed by atoms with Crippen molar-refractivity contribution in [3.63, 3.8) is 0 Å². The summed E-state index contributed by atoms with van der Waals surface area (Å²) in [6.45, 7) is 0.800. The average Bonchev–Trinajstić information content (AvgIpc) is 2.83. The van der Waals surface area contributed by atoms with E-state index in [1.54, 1.807) is 0 Å². The molecule has 1 nitrogen and oxygen atoms in total. The smallest absolute Gasteiger partial charge is 0.122 e. The first-order chi connectivity index (χ1) is 9.13. The number of ether oxygens (including phenoxy) is 1. The van der Waals surface area contributed by atoms with Gasteiger partial charge in [0.25, 0.3) is 0 Å². The molecule has 0 aliphatic carbocycles. The molecule has 2 aromatic rings. The SMILES string of the molecule is Brc1cc(Br)cc(C(Br)c2ccc3c(c2)CCO3)c1. The predicted octanol–water partition coefficient (Wildman–Crippen LogP) is 5.63. The summed E-state index contributed by atoms with van der Waals surface area (Å²) in [7, 11) is 0. The van der Waals surface area contributed by atoms with Gasteiger partial charge in [0, 0.05) is 15.4 Å². The Morgan fingerprint density at radius 1 is 0.947 bits per heavy atom. The number of hydrogen-bond acceptors (Lipinski definition) is 1. The highest BCUT2D eigenvalue weighted by atomic mass is 79.9. The summed E-state index contributed by atoms with van der Waals surface area (Å²) in [6.07, 6.45) is 1.01. The van der Waals surface area contributed by atoms with Crippen LogP contribution in [0.2, 0.25) is 0 Å². The van der Waals surface area contributed by atoms with Crippen LogP contribution in [0.5, 0.6) is 5.75 Å². The molecule has 1 heterocycles. The Hall–Kier alpha value is -0.320. The van der Waals surface area contributed by atoms with Crippen LogP contribution in [0.15, 0.2) is 45.3 Å². The lowest BCUT2D eigenvalue weighted by molar-refractivity contribution is 0.357. The molecular weight excluding hydrogens is 436 g/mol. The van der Waals surface area contributed by atoms with E-state index in [1.165, 1.54) is 16.7 Å². The van der Waals surface area contributed by atoms with Gasteiger partial charge in [0.1, 0.15) is 5.75 Å². The molecule has 4 heteroatoms. The lowest BCUT2D eigenvalue weighted by Crippen LogP contribution is -1.94. The van der Waals surface area contributed by atoms with Gasteiger partial charge in [0.15, 0.2) is 0 Å². The van der Waals surface area contributed by atoms with E-state index in [0.717, 1.165) is 27.7 Å². The van der Waals surface area contributed by atoms with E-state index in [2.05, 4.69) is 78.1 Å². The lowest BCUT2D eigenvalue weighted by atomic mass is 10.0. The highest BCUT2D eigenvalue weighted by Crippen LogP contribution is 2.37. The molecule has 0 bridgehead atoms. The fourth-order valence-corrected chi connectivity index (χ4v) is 4.16. The fourth-order valence-electron chi connectivity index (χ4n) is 2.28. The Morgan fingerprint density at radius 2 is 1.68 bits per heavy atom. The van der Waals surface area contributed by atoms with Gasteiger partial charge >= 0.3 is 0 Å². The van der Waals surface area contributed by atoms with E-state index in [-0.39, 0.29) is 4.83 Å². The Kier molecular flexibility index (Phi) is 4.01. The van der Waals surface area contributed by atoms with Crippen molar-refractivity contribution in [2.75, 3.05) is 6.61 Å². The topological polar surface area (TPSA) is 9.23 Å². The van der Waals surface area contributed by atoms with Crippen molar-refractivity contribution in [2.24, 2.45) is 0 Å². The summed E-state index contributed by atoms with van der Waals surface area (Å²) in [4.78, 5) is 0.187. The molecule has 0 aromatic heterocycles. The normalized spacial score (nSPS) is 14.9. The van der Waals surface area contributed by atoms with Crippen molar-refractivity contribution in [1.29, 1.82) is 0 Å². The third-order valence-corrected chi connectivity index (χ3v) is 5.16. The van der Waals surface area contributed by atoms with Crippen molar-refractivity contribution in [1.82, 2.24) is 0 Å². The average molecular weight is 447 g/mol. The maximum atomic E-state index is 5.55. The molecule has 19 heavy (non-hydrogen) atoms. The highest BCUT2D eigenvalue weighted by Gasteiger charge is 2.17. The largest absolute Gasteiger partial charge is 0.493 e. The molecule has 0 N–H and O–H groups in total. The molecule has 0 radical (unpaired) electrons. The predicted molar refractivity (Wildman–Crippen MR) is 88.3 cm³/mol. The summed E-state index contributed by atoms with van der Waals surface area (Å²) in [6, 6.07) is 12.7. The molecule has 0 spiro atoms. The molecule has 0 fully saturated rings. The molecule has 1 aliphatic heterocycles. The van der Waals surface area contributed by atoms with Crippen LogP contribution in [0.4, 0.5) is 0 Å². The monoisotopic (exact) mass is 444 g/mol. The Morgan fingerprint density at radius 3 is 2.42 bits per heavy atom. The van der Waals surface area contributed by atoms with Gasteiger partial charge in [-0.3, -0.25) is 0 Å². The second-order valence-corrected chi connectivity index (χ2v) is 7.28. The number of halogens is 3. The standard InChI is InChI=1S/C15H11Br3O/c16-12-6-11(7-13(17)8-12)15(18)10-1-2-14-9(5-10)3-4-19-14/h1-2,5-8,15H,3-4H2. The molecule has 0 saturated heterocycles. The fraction of sp³-hybridized carbons (Fsp3) is 0.200. The van der Waals surface area contributed by atoms with E-state index >= 15 is 0 Å². The van der Waals surface area contributed by atoms with E-state index in [4.69, 9.17) is 4.74 Å². The van der Waals surface area contributed by atoms with Crippen LogP contribution in [-0.4, -0.2) is 6.61 Å². The van der Waals surface area contributed by atoms with Crippen molar-refractivity contribution in [2.45, 2.75) is 11.2 Å². The van der Waals surface area contributed by atoms with Crippen LogP contribution in [-0.2, 0) is 6.42 Å². The highest BCUT2D eigenvalue weighted by molar-refractivity contribution is 9.11. The first-order valence-corrected chi connectivity index (χ1v) is 8.49. The van der Waals surface area contributed by atoms with Crippen LogP contribution in [0, 0.1) is 0 Å². The van der Waals surface area contributed by atoms with Gasteiger partial charge in [-0.05, 0) is 41.0 Å². The minimum Gasteiger partial charge on any atom is -0.493 e. The van der Waals surface area contributed by atoms with Crippen LogP contribution in [0.3, 0.4) is 0 Å². The molecule has 1 unspecified atom stereocenters. The lowest BCUT2D eigenvalue weighted by Gasteiger charge is -2.13. The van der Waals surface area contributed by atoms with Gasteiger partial charge in [-0.1, -0.05) is 59.9 Å². The quantitative estimate of drug-likeness (QED) is 0.543. The molecule has 0 amide bonds. The Balaban J connectivity index is 1.97. The van der Waals surface area contributed by atoms with Crippen LogP contribution in [0.25, 0.3) is 0 Å². The zero-order valence-electron chi connectivity index (χ0n) is 10.00. The summed E-state index contributed by atoms with van der Waals surface area (Å²) in [5.41, 5.74) is 3.78. The molecule has 1 atom stereocenters. The first-order valence-electron chi connectivity index (χ1n) is 5.99. The number of alkyl halides is 1. The molecule has 0 saturated carbocycles. The van der Waals surface area contributed by atoms with Gasteiger partial charge in [0.2, 0.25) is 0 Å². The summed E-state index contributed by atoms with van der Waals surface area (Å²) in [5.74, 6) is 1.03. The minimum atomic E-state index is 0.187. The maximum absolute atomic E-state index is 5.55. The van der Waals surface area contributed by atoms with Crippen molar-refractivity contribution in [3.8, 4) is 5.75 Å². The summed E-state index contributed by atoms with van der Waals surface area (Å²) in [5, 5.41) is 0. The van der Waals surface area contributed by atoms with E-state index < -0.39 is 0 Å². The number of fused-ring (bicyclic) bond motifs is 1. The van der Waals surface area contributed by atoms with Crippen LogP contribution < -0.4 is 4.74 Å². The van der Waals surface area contributed by atoms with Gasteiger partial charge in [-0.15, -0.1) is 0 Å². The maximum Gasteiger partial charge on any atom is 0.122 e. The minimum absolute atomic E-state index is 0.187. The van der Waals surface area contributed by atoms with Crippen LogP contribution >= 0.6 is 47.8 Å². The van der Waals surface area contributed by atoms with Gasteiger partial charge in [-0.25, -0.2) is 0 Å². The summed E-state index contributed by atoms with van der Waals surface area (Å²) < 4.78 is 7.70. The molecular formula is C15H11Br3O. The first kappa shape index (κ1) is 13.7. The molecule has 1 aliphatic rings. The van der Waals surface area contributed by atoms with E-state index in [9.17, 15) is 0 Å². The number of benzene rings is 2. The second kappa shape index (κ2) is 5.58. The molecule has 2 aromatic carbocycles. The Bertz CT molecular complexity index is 605. The number of hydrogen-bond donors (Lipinski definition) is 0. The summed E-state index contributed by atoms with van der Waals surface area (Å²) >= 11 is 10.9. The van der Waals surface area contributed by atoms with Gasteiger partial charge in [0.05, 0.1) is 11.4 Å². The third kappa shape index (κ3) is 2.91. The van der Waals surface area contributed by atoms with Crippen molar-refractivity contribution >= 4 is 47.8 Å².